The average molecular weight is 300 g/mol. The van der Waals surface area contributed by atoms with E-state index in [1.54, 1.807) is 0 Å². The van der Waals surface area contributed by atoms with Gasteiger partial charge in [-0.3, -0.25) is 0 Å². The first-order chi connectivity index (χ1) is 11.3. The second-order valence-electron chi connectivity index (χ2n) is 5.44. The fourth-order valence-corrected chi connectivity index (χ4v) is 2.47. The zero-order valence-corrected chi connectivity index (χ0v) is 13.0. The maximum absolute atomic E-state index is 7.23. The van der Waals surface area contributed by atoms with E-state index in [2.05, 4.69) is 72.8 Å². The Labute approximate surface area is 137 Å². The molecule has 2 nitrogen and oxygen atoms in total. The summed E-state index contributed by atoms with van der Waals surface area (Å²) < 4.78 is 2.03. The number of hydrogen-bond acceptors (Lipinski definition) is 0. The molecule has 1 N–H and O–H groups in total. The highest BCUT2D eigenvalue weighted by atomic mass is 14.9. The molecule has 2 heteroatoms. The molecule has 0 radical (unpaired) electrons. The second-order valence-corrected chi connectivity index (χ2v) is 5.44. The number of benzene rings is 2. The summed E-state index contributed by atoms with van der Waals surface area (Å²) in [7, 11) is 0. The summed E-state index contributed by atoms with van der Waals surface area (Å²) in [5, 5.41) is 0. The summed E-state index contributed by atoms with van der Waals surface area (Å²) in [6.45, 7) is 1.15. The maximum Gasteiger partial charge on any atom is 0.169 e. The normalized spacial score (nSPS) is 11.0. The van der Waals surface area contributed by atoms with Crippen molar-refractivity contribution in [2.24, 2.45) is 0 Å². The van der Waals surface area contributed by atoms with Crippen molar-refractivity contribution in [3.8, 4) is 11.1 Å². The summed E-state index contributed by atoms with van der Waals surface area (Å²) in [6, 6.07) is 23.1. The monoisotopic (exact) mass is 300 g/mol. The Morgan fingerprint density at radius 2 is 1.26 bits per heavy atom. The van der Waals surface area contributed by atoms with E-state index in [1.165, 1.54) is 22.3 Å². The third-order valence-electron chi connectivity index (χ3n) is 3.77. The van der Waals surface area contributed by atoms with Gasteiger partial charge in [-0.15, -0.1) is 0 Å². The van der Waals surface area contributed by atoms with E-state index in [4.69, 9.17) is 5.73 Å². The second kappa shape index (κ2) is 7.52. The number of pyridine rings is 1. The summed E-state index contributed by atoms with van der Waals surface area (Å²) in [5.41, 5.74) is 12.1. The van der Waals surface area contributed by atoms with Crippen LogP contribution in [0.25, 0.3) is 29.0 Å². The van der Waals surface area contributed by atoms with Gasteiger partial charge in [0.05, 0.1) is 0 Å². The summed E-state index contributed by atoms with van der Waals surface area (Å²) in [6.07, 6.45) is 8.28. The number of rotatable bonds is 5. The van der Waals surface area contributed by atoms with Gasteiger partial charge < -0.3 is 5.73 Å². The molecule has 0 saturated carbocycles. The predicted molar refractivity (Wildman–Crippen MR) is 96.6 cm³/mol. The lowest BCUT2D eigenvalue weighted by atomic mass is 10.0. The van der Waals surface area contributed by atoms with Crippen LogP contribution >= 0.6 is 0 Å². The molecule has 1 heterocycles. The van der Waals surface area contributed by atoms with Crippen molar-refractivity contribution in [1.29, 1.82) is 0 Å². The van der Waals surface area contributed by atoms with Crippen molar-refractivity contribution in [2.75, 3.05) is 6.54 Å². The van der Waals surface area contributed by atoms with Crippen molar-refractivity contribution in [3.05, 3.63) is 96.0 Å². The lowest BCUT2D eigenvalue weighted by Crippen LogP contribution is -2.33. The molecule has 0 aliphatic carbocycles. The lowest BCUT2D eigenvalue weighted by Gasteiger charge is -2.02. The maximum atomic E-state index is 7.23. The lowest BCUT2D eigenvalue weighted by molar-refractivity contribution is -0.693. The molecule has 0 atom stereocenters. The smallest absolute Gasteiger partial charge is 0.169 e. The minimum absolute atomic E-state index is 0.410. The van der Waals surface area contributed by atoms with Crippen LogP contribution in [0.1, 0.15) is 11.1 Å². The highest BCUT2D eigenvalue weighted by Gasteiger charge is 1.97. The van der Waals surface area contributed by atoms with Gasteiger partial charge in [-0.25, -0.2) is 4.57 Å². The molecule has 0 fully saturated rings. The molecule has 3 aromatic rings. The Morgan fingerprint density at radius 1 is 0.696 bits per heavy atom. The van der Waals surface area contributed by atoms with E-state index in [9.17, 15) is 0 Å². The van der Waals surface area contributed by atoms with Gasteiger partial charge in [-0.1, -0.05) is 73.3 Å². The Hall–Kier alpha value is -2.71. The molecule has 0 aliphatic heterocycles. The van der Waals surface area contributed by atoms with Gasteiger partial charge in [0.1, 0.15) is 6.54 Å². The highest BCUT2D eigenvalue weighted by molar-refractivity contribution is 5.71. The first kappa shape index (κ1) is 15.2. The van der Waals surface area contributed by atoms with Crippen LogP contribution < -0.4 is 4.57 Å². The van der Waals surface area contributed by atoms with E-state index in [0.717, 1.165) is 6.54 Å². The fraction of sp³-hybridized carbons (Fsp3) is 0.0952. The largest absolute Gasteiger partial charge is 0.672 e. The molecular weight excluding hydrogens is 280 g/mol. The molecule has 0 spiro atoms. The topological polar surface area (TPSA) is 27.7 Å². The van der Waals surface area contributed by atoms with E-state index in [0.29, 0.717) is 6.54 Å². The van der Waals surface area contributed by atoms with Crippen LogP contribution in [0.5, 0.6) is 0 Å². The van der Waals surface area contributed by atoms with Gasteiger partial charge in [-0.05, 0) is 22.3 Å². The molecule has 0 bridgehead atoms. The SMILES string of the molecule is [NH-]CC[n+]1ccc(/C=C/c2ccc(-c3ccccc3)cc2)cc1. The fourth-order valence-electron chi connectivity index (χ4n) is 2.47. The molecule has 3 rings (SSSR count). The minimum Gasteiger partial charge on any atom is -0.672 e. The molecule has 0 unspecified atom stereocenters. The van der Waals surface area contributed by atoms with Gasteiger partial charge in [0.25, 0.3) is 0 Å². The van der Waals surface area contributed by atoms with E-state index in [1.807, 2.05) is 23.0 Å². The highest BCUT2D eigenvalue weighted by Crippen LogP contribution is 2.20. The van der Waals surface area contributed by atoms with Crippen molar-refractivity contribution in [2.45, 2.75) is 6.54 Å². The van der Waals surface area contributed by atoms with Crippen molar-refractivity contribution < 1.29 is 4.57 Å². The van der Waals surface area contributed by atoms with E-state index in [-0.39, 0.29) is 0 Å². The van der Waals surface area contributed by atoms with Gasteiger partial charge in [0.15, 0.2) is 12.4 Å². The molecule has 0 aliphatic rings. The van der Waals surface area contributed by atoms with Gasteiger partial charge in [0.2, 0.25) is 0 Å². The van der Waals surface area contributed by atoms with Crippen molar-refractivity contribution >= 4 is 12.2 Å². The minimum atomic E-state index is 0.410. The van der Waals surface area contributed by atoms with E-state index < -0.39 is 0 Å². The predicted octanol–water partition coefficient (Wildman–Crippen LogP) is 4.86. The number of nitrogens with one attached hydrogen (secondary N) is 1. The van der Waals surface area contributed by atoms with Crippen LogP contribution in [0.2, 0.25) is 0 Å². The first-order valence-corrected chi connectivity index (χ1v) is 7.82. The Morgan fingerprint density at radius 3 is 1.87 bits per heavy atom. The third kappa shape index (κ3) is 4.15. The van der Waals surface area contributed by atoms with Crippen molar-refractivity contribution in [1.82, 2.24) is 0 Å². The Balaban J connectivity index is 1.70. The average Bonchev–Trinajstić information content (AvgIpc) is 2.63. The number of aromatic nitrogens is 1. The summed E-state index contributed by atoms with van der Waals surface area (Å²) >= 11 is 0. The molecule has 2 aromatic carbocycles. The van der Waals surface area contributed by atoms with E-state index >= 15 is 0 Å². The zero-order valence-electron chi connectivity index (χ0n) is 13.0. The van der Waals surface area contributed by atoms with Crippen LogP contribution in [0.4, 0.5) is 0 Å². The van der Waals surface area contributed by atoms with Crippen LogP contribution in [0.3, 0.4) is 0 Å². The van der Waals surface area contributed by atoms with Crippen LogP contribution in [0.15, 0.2) is 79.1 Å². The van der Waals surface area contributed by atoms with Crippen LogP contribution in [0, 0.1) is 0 Å². The van der Waals surface area contributed by atoms with Crippen molar-refractivity contribution in [3.63, 3.8) is 0 Å². The Bertz CT molecular complexity index is 757. The molecule has 1 aromatic heterocycles. The standard InChI is InChI=1S/C21H20N2/c22-14-17-23-15-12-19(13-16-23)7-6-18-8-10-21(11-9-18)20-4-2-1-3-5-20/h1-13,15-16,22H,14,17H2/b7-6+. The molecule has 114 valence electrons. The van der Waals surface area contributed by atoms with Crippen LogP contribution in [-0.4, -0.2) is 6.54 Å². The molecule has 0 amide bonds. The third-order valence-corrected chi connectivity index (χ3v) is 3.77. The summed E-state index contributed by atoms with van der Waals surface area (Å²) in [5.74, 6) is 0. The quantitative estimate of drug-likeness (QED) is 0.602. The molecule has 23 heavy (non-hydrogen) atoms. The van der Waals surface area contributed by atoms with Gasteiger partial charge >= 0.3 is 0 Å². The molecule has 0 saturated heterocycles. The summed E-state index contributed by atoms with van der Waals surface area (Å²) in [4.78, 5) is 0. The number of hydrogen-bond donors (Lipinski definition) is 0. The Kier molecular flexibility index (Phi) is 4.97. The first-order valence-electron chi connectivity index (χ1n) is 7.82. The number of nitrogens with zero attached hydrogens (tertiary/aromatic N) is 1. The van der Waals surface area contributed by atoms with Gasteiger partial charge in [0, 0.05) is 12.1 Å². The zero-order chi connectivity index (χ0) is 15.9. The van der Waals surface area contributed by atoms with Gasteiger partial charge in [-0.2, -0.15) is 0 Å². The molecular formula is C21H20N2. The van der Waals surface area contributed by atoms with Crippen LogP contribution in [-0.2, 0) is 6.54 Å².